The molecule has 0 atom stereocenters. The van der Waals surface area contributed by atoms with Crippen LogP contribution >= 0.6 is 0 Å². The van der Waals surface area contributed by atoms with Crippen molar-refractivity contribution in [2.75, 3.05) is 0 Å². The van der Waals surface area contributed by atoms with Gasteiger partial charge in [0.25, 0.3) is 0 Å². The molecule has 0 bridgehead atoms. The molecule has 0 saturated heterocycles. The first-order valence-electron chi connectivity index (χ1n) is 3.70. The number of aromatic nitrogens is 1. The van der Waals surface area contributed by atoms with Crippen molar-refractivity contribution >= 4 is 5.78 Å². The highest BCUT2D eigenvalue weighted by Gasteiger charge is 2.06. The molecule has 0 fully saturated rings. The van der Waals surface area contributed by atoms with Crippen LogP contribution in [0.2, 0.25) is 0 Å². The third-order valence-corrected chi connectivity index (χ3v) is 1.42. The molecule has 3 nitrogen and oxygen atoms in total. The molecule has 0 spiro atoms. The van der Waals surface area contributed by atoms with E-state index in [9.17, 15) is 4.79 Å². The summed E-state index contributed by atoms with van der Waals surface area (Å²) in [6, 6.07) is 1.70. The maximum absolute atomic E-state index is 10.7. The van der Waals surface area contributed by atoms with Gasteiger partial charge < -0.3 is 4.52 Å². The summed E-state index contributed by atoms with van der Waals surface area (Å²) in [7, 11) is 0. The Hall–Kier alpha value is -1.12. The van der Waals surface area contributed by atoms with Gasteiger partial charge in [0.15, 0.2) is 5.78 Å². The Balaban J connectivity index is 2.73. The molecule has 1 rings (SSSR count). The van der Waals surface area contributed by atoms with E-state index in [-0.39, 0.29) is 5.78 Å². The molecule has 60 valence electrons. The lowest BCUT2D eigenvalue weighted by Gasteiger charge is -1.83. The highest BCUT2D eigenvalue weighted by atomic mass is 16.5. The highest BCUT2D eigenvalue weighted by Crippen LogP contribution is 2.06. The molecule has 0 aromatic carbocycles. The number of carbonyl (C=O) groups is 1. The quantitative estimate of drug-likeness (QED) is 0.622. The summed E-state index contributed by atoms with van der Waals surface area (Å²) in [6.45, 7) is 3.53. The second kappa shape index (κ2) is 3.32. The lowest BCUT2D eigenvalue weighted by atomic mass is 10.2. The van der Waals surface area contributed by atoms with Gasteiger partial charge in [-0.3, -0.25) is 4.79 Å². The van der Waals surface area contributed by atoms with Crippen LogP contribution in [0.4, 0.5) is 0 Å². The van der Waals surface area contributed by atoms with E-state index >= 15 is 0 Å². The summed E-state index contributed by atoms with van der Waals surface area (Å²) in [5.41, 5.74) is 0.424. The van der Waals surface area contributed by atoms with Crippen LogP contribution in [0.1, 0.15) is 36.5 Å². The minimum absolute atomic E-state index is 0.0453. The van der Waals surface area contributed by atoms with Crippen LogP contribution < -0.4 is 0 Å². The zero-order valence-corrected chi connectivity index (χ0v) is 6.76. The second-order valence-electron chi connectivity index (χ2n) is 2.48. The minimum Gasteiger partial charge on any atom is -0.361 e. The molecule has 0 aliphatic rings. The number of carbonyl (C=O) groups excluding carboxylic acids is 1. The molecule has 0 radical (unpaired) electrons. The van der Waals surface area contributed by atoms with E-state index in [1.165, 1.54) is 6.92 Å². The monoisotopic (exact) mass is 153 g/mol. The molecule has 0 N–H and O–H groups in total. The third-order valence-electron chi connectivity index (χ3n) is 1.42. The highest BCUT2D eigenvalue weighted by molar-refractivity contribution is 5.91. The lowest BCUT2D eigenvalue weighted by Crippen LogP contribution is -1.89. The van der Waals surface area contributed by atoms with Gasteiger partial charge in [0.05, 0.1) is 0 Å². The maximum Gasteiger partial charge on any atom is 0.181 e. The number of aryl methyl sites for hydroxylation is 1. The summed E-state index contributed by atoms with van der Waals surface area (Å²) in [5.74, 6) is 0.744. The van der Waals surface area contributed by atoms with Gasteiger partial charge in [0, 0.05) is 19.4 Å². The van der Waals surface area contributed by atoms with E-state index in [2.05, 4.69) is 12.1 Å². The Morgan fingerprint density at radius 1 is 1.73 bits per heavy atom. The molecular weight excluding hydrogens is 142 g/mol. The van der Waals surface area contributed by atoms with Gasteiger partial charge >= 0.3 is 0 Å². The fourth-order valence-electron chi connectivity index (χ4n) is 0.843. The Bertz CT molecular complexity index is 252. The average molecular weight is 153 g/mol. The van der Waals surface area contributed by atoms with Gasteiger partial charge in [-0.2, -0.15) is 0 Å². The summed E-state index contributed by atoms with van der Waals surface area (Å²) >= 11 is 0. The number of hydrogen-bond donors (Lipinski definition) is 0. The molecule has 0 saturated carbocycles. The molecule has 1 aromatic heterocycles. The topological polar surface area (TPSA) is 43.1 Å². The fraction of sp³-hybridized carbons (Fsp3) is 0.500. The Kier molecular flexibility index (Phi) is 2.41. The third kappa shape index (κ3) is 1.90. The van der Waals surface area contributed by atoms with Crippen molar-refractivity contribution in [3.05, 3.63) is 17.5 Å². The fourth-order valence-corrected chi connectivity index (χ4v) is 0.843. The van der Waals surface area contributed by atoms with Crippen LogP contribution in [0.3, 0.4) is 0 Å². The van der Waals surface area contributed by atoms with Crippen molar-refractivity contribution in [3.63, 3.8) is 0 Å². The van der Waals surface area contributed by atoms with Gasteiger partial charge in [-0.1, -0.05) is 12.1 Å². The van der Waals surface area contributed by atoms with Crippen LogP contribution in [0, 0.1) is 0 Å². The first kappa shape index (κ1) is 7.98. The standard InChI is InChI=1S/C8H11NO2/c1-3-4-7-5-8(6(2)10)9-11-7/h5H,3-4H2,1-2H3. The molecule has 0 aliphatic heterocycles. The molecule has 0 unspecified atom stereocenters. The van der Waals surface area contributed by atoms with E-state index in [1.807, 2.05) is 0 Å². The SMILES string of the molecule is CCCc1cc(C(C)=O)no1. The van der Waals surface area contributed by atoms with E-state index in [4.69, 9.17) is 4.52 Å². The van der Waals surface area contributed by atoms with E-state index in [0.29, 0.717) is 5.69 Å². The molecule has 1 aromatic rings. The van der Waals surface area contributed by atoms with Crippen LogP contribution in [0.15, 0.2) is 10.6 Å². The normalized spacial score (nSPS) is 10.0. The van der Waals surface area contributed by atoms with Gasteiger partial charge in [0.1, 0.15) is 11.5 Å². The summed E-state index contributed by atoms with van der Waals surface area (Å²) in [4.78, 5) is 10.7. The first-order valence-corrected chi connectivity index (χ1v) is 3.70. The number of hydrogen-bond acceptors (Lipinski definition) is 3. The van der Waals surface area contributed by atoms with Crippen LogP contribution in [0.25, 0.3) is 0 Å². The van der Waals surface area contributed by atoms with Crippen molar-refractivity contribution in [1.82, 2.24) is 5.16 Å². The van der Waals surface area contributed by atoms with E-state index in [1.54, 1.807) is 6.07 Å². The first-order chi connectivity index (χ1) is 5.24. The molecule has 1 heterocycles. The van der Waals surface area contributed by atoms with Crippen LogP contribution in [-0.2, 0) is 6.42 Å². The smallest absolute Gasteiger partial charge is 0.181 e. The van der Waals surface area contributed by atoms with Crippen LogP contribution in [0.5, 0.6) is 0 Å². The average Bonchev–Trinajstić information content (AvgIpc) is 2.37. The lowest BCUT2D eigenvalue weighted by molar-refractivity contribution is 0.100. The number of ketones is 1. The Morgan fingerprint density at radius 2 is 2.45 bits per heavy atom. The van der Waals surface area contributed by atoms with Crippen molar-refractivity contribution < 1.29 is 9.32 Å². The van der Waals surface area contributed by atoms with Gasteiger partial charge in [0.2, 0.25) is 0 Å². The maximum atomic E-state index is 10.7. The predicted octanol–water partition coefficient (Wildman–Crippen LogP) is 1.83. The molecular formula is C8H11NO2. The summed E-state index contributed by atoms with van der Waals surface area (Å²) in [6.07, 6.45) is 1.85. The molecule has 3 heteroatoms. The molecule has 0 aliphatic carbocycles. The van der Waals surface area contributed by atoms with Gasteiger partial charge in [-0.25, -0.2) is 0 Å². The summed E-state index contributed by atoms with van der Waals surface area (Å²) in [5, 5.41) is 3.61. The predicted molar refractivity (Wildman–Crippen MR) is 40.5 cm³/mol. The van der Waals surface area contributed by atoms with Crippen molar-refractivity contribution in [2.24, 2.45) is 0 Å². The largest absolute Gasteiger partial charge is 0.361 e. The molecule has 11 heavy (non-hydrogen) atoms. The second-order valence-corrected chi connectivity index (χ2v) is 2.48. The zero-order valence-electron chi connectivity index (χ0n) is 6.76. The van der Waals surface area contributed by atoms with E-state index in [0.717, 1.165) is 18.6 Å². The number of rotatable bonds is 3. The van der Waals surface area contributed by atoms with Gasteiger partial charge in [-0.15, -0.1) is 0 Å². The van der Waals surface area contributed by atoms with Crippen LogP contribution in [-0.4, -0.2) is 10.9 Å². The summed E-state index contributed by atoms with van der Waals surface area (Å²) < 4.78 is 4.90. The number of Topliss-reactive ketones (excluding diaryl/α,β-unsaturated/α-hetero) is 1. The van der Waals surface area contributed by atoms with Gasteiger partial charge in [-0.05, 0) is 6.42 Å². The Labute approximate surface area is 65.4 Å². The molecule has 0 amide bonds. The zero-order chi connectivity index (χ0) is 8.27. The van der Waals surface area contributed by atoms with Crippen molar-refractivity contribution in [3.8, 4) is 0 Å². The number of nitrogens with zero attached hydrogens (tertiary/aromatic N) is 1. The van der Waals surface area contributed by atoms with E-state index < -0.39 is 0 Å². The van der Waals surface area contributed by atoms with Crippen molar-refractivity contribution in [2.45, 2.75) is 26.7 Å². The van der Waals surface area contributed by atoms with Crippen molar-refractivity contribution in [1.29, 1.82) is 0 Å². The minimum atomic E-state index is -0.0453. The Morgan fingerprint density at radius 3 is 2.91 bits per heavy atom.